The van der Waals surface area contributed by atoms with Gasteiger partial charge >= 0.3 is 0 Å². The average Bonchev–Trinajstić information content (AvgIpc) is 2.72. The number of para-hydroxylation sites is 3. The van der Waals surface area contributed by atoms with Crippen LogP contribution in [-0.2, 0) is 0 Å². The van der Waals surface area contributed by atoms with Crippen molar-refractivity contribution < 1.29 is 19.0 Å². The minimum Gasteiger partial charge on any atom is -0.493 e. The number of rotatable bonds is 7. The molecule has 27 heavy (non-hydrogen) atoms. The van der Waals surface area contributed by atoms with E-state index in [9.17, 15) is 4.79 Å². The van der Waals surface area contributed by atoms with E-state index >= 15 is 0 Å². The van der Waals surface area contributed by atoms with Gasteiger partial charge in [-0.05, 0) is 18.2 Å². The monoisotopic (exact) mass is 366 g/mol. The first-order valence-electron chi connectivity index (χ1n) is 8.59. The molecule has 1 aromatic heterocycles. The van der Waals surface area contributed by atoms with Gasteiger partial charge in [-0.25, -0.2) is 4.98 Å². The predicted molar refractivity (Wildman–Crippen MR) is 104 cm³/mol. The third kappa shape index (κ3) is 4.11. The quantitative estimate of drug-likeness (QED) is 0.641. The summed E-state index contributed by atoms with van der Waals surface area (Å²) in [6.07, 6.45) is 0. The number of aromatic nitrogens is 1. The minimum absolute atomic E-state index is 0.115. The molecule has 0 fully saturated rings. The van der Waals surface area contributed by atoms with Crippen LogP contribution in [0.3, 0.4) is 0 Å². The van der Waals surface area contributed by atoms with Gasteiger partial charge in [0.1, 0.15) is 6.61 Å². The number of carbonyl (C=O) groups excluding carboxylic acids is 1. The van der Waals surface area contributed by atoms with E-state index in [1.807, 2.05) is 48.5 Å². The van der Waals surface area contributed by atoms with E-state index in [1.165, 1.54) is 7.11 Å². The highest BCUT2D eigenvalue weighted by atomic mass is 16.5. The maximum absolute atomic E-state index is 13.0. The van der Waals surface area contributed by atoms with Gasteiger partial charge in [0.15, 0.2) is 11.5 Å². The van der Waals surface area contributed by atoms with Crippen LogP contribution >= 0.6 is 0 Å². The van der Waals surface area contributed by atoms with E-state index in [4.69, 9.17) is 14.2 Å². The molecular weight excluding hydrogens is 344 g/mol. The van der Waals surface area contributed by atoms with Crippen molar-refractivity contribution in [3.8, 4) is 17.4 Å². The molecule has 0 saturated heterocycles. The van der Waals surface area contributed by atoms with Crippen LogP contribution in [0.15, 0.2) is 54.6 Å². The fourth-order valence-electron chi connectivity index (χ4n) is 2.77. The van der Waals surface area contributed by atoms with Crippen LogP contribution in [0.1, 0.15) is 10.4 Å². The maximum atomic E-state index is 13.0. The summed E-state index contributed by atoms with van der Waals surface area (Å²) in [5.41, 5.74) is 1.27. The Morgan fingerprint density at radius 1 is 1.00 bits per heavy atom. The van der Waals surface area contributed by atoms with Crippen LogP contribution in [0.25, 0.3) is 10.9 Å². The van der Waals surface area contributed by atoms with E-state index in [2.05, 4.69) is 4.98 Å². The van der Waals surface area contributed by atoms with E-state index in [0.29, 0.717) is 36.1 Å². The molecular formula is C21H22N2O4. The van der Waals surface area contributed by atoms with Gasteiger partial charge in [-0.1, -0.05) is 30.3 Å². The highest BCUT2D eigenvalue weighted by molar-refractivity contribution is 6.06. The van der Waals surface area contributed by atoms with Crippen molar-refractivity contribution in [1.82, 2.24) is 9.88 Å². The number of fused-ring (bicyclic) bond motifs is 1. The van der Waals surface area contributed by atoms with Crippen LogP contribution in [0.4, 0.5) is 0 Å². The molecule has 3 rings (SSSR count). The number of carbonyl (C=O) groups is 1. The Morgan fingerprint density at radius 2 is 1.70 bits per heavy atom. The van der Waals surface area contributed by atoms with Crippen LogP contribution in [0, 0.1) is 0 Å². The number of benzene rings is 2. The van der Waals surface area contributed by atoms with E-state index in [1.54, 1.807) is 25.1 Å². The van der Waals surface area contributed by atoms with Gasteiger partial charge in [-0.15, -0.1) is 0 Å². The Morgan fingerprint density at radius 3 is 2.44 bits per heavy atom. The molecule has 0 unspecified atom stereocenters. The molecule has 0 radical (unpaired) electrons. The van der Waals surface area contributed by atoms with Crippen molar-refractivity contribution in [3.63, 3.8) is 0 Å². The highest BCUT2D eigenvalue weighted by Gasteiger charge is 2.17. The normalized spacial score (nSPS) is 10.5. The second-order valence-corrected chi connectivity index (χ2v) is 5.96. The molecule has 0 aliphatic rings. The number of hydrogen-bond acceptors (Lipinski definition) is 5. The van der Waals surface area contributed by atoms with Crippen molar-refractivity contribution in [3.05, 3.63) is 60.2 Å². The SMILES string of the molecule is COc1cc(C(=O)N(C)CCOc2ccccc2OC)c2ccccc2n1. The van der Waals surface area contributed by atoms with Crippen LogP contribution in [0.2, 0.25) is 0 Å². The average molecular weight is 366 g/mol. The summed E-state index contributed by atoms with van der Waals surface area (Å²) in [6, 6.07) is 16.6. The standard InChI is InChI=1S/C21H22N2O4/c1-23(12-13-27-19-11-7-6-10-18(19)25-2)21(24)16-14-20(26-3)22-17-9-5-4-8-15(16)17/h4-11,14H,12-13H2,1-3H3. The van der Waals surface area contributed by atoms with Gasteiger partial charge in [0, 0.05) is 18.5 Å². The van der Waals surface area contributed by atoms with Crippen molar-refractivity contribution in [2.75, 3.05) is 34.4 Å². The fraction of sp³-hybridized carbons (Fsp3) is 0.238. The minimum atomic E-state index is -0.115. The molecule has 6 nitrogen and oxygen atoms in total. The molecule has 140 valence electrons. The number of hydrogen-bond donors (Lipinski definition) is 0. The molecule has 0 saturated carbocycles. The lowest BCUT2D eigenvalue weighted by molar-refractivity contribution is 0.0774. The first-order valence-corrected chi connectivity index (χ1v) is 8.59. The second kappa shape index (κ2) is 8.40. The Bertz CT molecular complexity index is 942. The smallest absolute Gasteiger partial charge is 0.254 e. The number of pyridine rings is 1. The Kier molecular flexibility index (Phi) is 5.76. The van der Waals surface area contributed by atoms with Crippen molar-refractivity contribution in [1.29, 1.82) is 0 Å². The van der Waals surface area contributed by atoms with E-state index < -0.39 is 0 Å². The molecule has 1 heterocycles. The third-order valence-electron chi connectivity index (χ3n) is 4.23. The second-order valence-electron chi connectivity index (χ2n) is 5.96. The zero-order valence-electron chi connectivity index (χ0n) is 15.6. The molecule has 0 bridgehead atoms. The van der Waals surface area contributed by atoms with Gasteiger partial charge in [0.05, 0.1) is 31.8 Å². The Balaban J connectivity index is 1.73. The molecule has 0 aliphatic heterocycles. The summed E-state index contributed by atoms with van der Waals surface area (Å²) >= 11 is 0. The molecule has 1 amide bonds. The van der Waals surface area contributed by atoms with Gasteiger partial charge in [-0.2, -0.15) is 0 Å². The molecule has 2 aromatic carbocycles. The summed E-state index contributed by atoms with van der Waals surface area (Å²) in [6.45, 7) is 0.776. The molecule has 6 heteroatoms. The van der Waals surface area contributed by atoms with Gasteiger partial charge < -0.3 is 19.1 Å². The number of methoxy groups -OCH3 is 2. The fourth-order valence-corrected chi connectivity index (χ4v) is 2.77. The molecule has 0 aliphatic carbocycles. The first-order chi connectivity index (χ1) is 13.1. The molecule has 3 aromatic rings. The number of ether oxygens (including phenoxy) is 3. The highest BCUT2D eigenvalue weighted by Crippen LogP contribution is 2.26. The summed E-state index contributed by atoms with van der Waals surface area (Å²) in [7, 11) is 4.88. The zero-order valence-corrected chi connectivity index (χ0v) is 15.6. The molecule has 0 spiro atoms. The lowest BCUT2D eigenvalue weighted by Gasteiger charge is -2.19. The van der Waals surface area contributed by atoms with Crippen LogP contribution < -0.4 is 14.2 Å². The van der Waals surface area contributed by atoms with Crippen molar-refractivity contribution in [2.45, 2.75) is 0 Å². The third-order valence-corrected chi connectivity index (χ3v) is 4.23. The lowest BCUT2D eigenvalue weighted by atomic mass is 10.1. The van der Waals surface area contributed by atoms with Crippen LogP contribution in [-0.4, -0.2) is 50.2 Å². The largest absolute Gasteiger partial charge is 0.493 e. The predicted octanol–water partition coefficient (Wildman–Crippen LogP) is 3.40. The number of nitrogens with zero attached hydrogens (tertiary/aromatic N) is 2. The first kappa shape index (κ1) is 18.5. The van der Waals surface area contributed by atoms with Crippen molar-refractivity contribution in [2.24, 2.45) is 0 Å². The van der Waals surface area contributed by atoms with E-state index in [0.717, 1.165) is 10.9 Å². The van der Waals surface area contributed by atoms with Crippen LogP contribution in [0.5, 0.6) is 17.4 Å². The topological polar surface area (TPSA) is 60.9 Å². The van der Waals surface area contributed by atoms with Gasteiger partial charge in [-0.3, -0.25) is 4.79 Å². The Labute approximate surface area is 158 Å². The zero-order chi connectivity index (χ0) is 19.2. The maximum Gasteiger partial charge on any atom is 0.254 e. The van der Waals surface area contributed by atoms with Crippen molar-refractivity contribution >= 4 is 16.8 Å². The lowest BCUT2D eigenvalue weighted by Crippen LogP contribution is -2.31. The number of amides is 1. The van der Waals surface area contributed by atoms with Gasteiger partial charge in [0.25, 0.3) is 5.91 Å². The number of likely N-dealkylation sites (N-methyl/N-ethyl adjacent to an activating group) is 1. The summed E-state index contributed by atoms with van der Waals surface area (Å²) in [5, 5.41) is 0.792. The molecule has 0 atom stereocenters. The summed E-state index contributed by atoms with van der Waals surface area (Å²) in [5.74, 6) is 1.61. The summed E-state index contributed by atoms with van der Waals surface area (Å²) in [4.78, 5) is 19.0. The summed E-state index contributed by atoms with van der Waals surface area (Å²) < 4.78 is 16.3. The Hall–Kier alpha value is -3.28. The molecule has 0 N–H and O–H groups in total. The van der Waals surface area contributed by atoms with E-state index in [-0.39, 0.29) is 5.91 Å². The van der Waals surface area contributed by atoms with Gasteiger partial charge in [0.2, 0.25) is 5.88 Å².